The van der Waals surface area contributed by atoms with E-state index in [9.17, 15) is 9.59 Å². The number of carbonyl (C=O) groups excluding carboxylic acids is 1. The summed E-state index contributed by atoms with van der Waals surface area (Å²) in [6.45, 7) is -0.531. The number of ketones is 1. The number of hydrogen-bond acceptors (Lipinski definition) is 7. The summed E-state index contributed by atoms with van der Waals surface area (Å²) in [7, 11) is 0. The minimum atomic E-state index is -2.54. The Bertz CT molecular complexity index is 236. The smallest absolute Gasteiger partial charge is 0.342 e. The first-order valence-electron chi connectivity index (χ1n) is 3.30. The quantitative estimate of drug-likeness (QED) is 0.241. The highest BCUT2D eigenvalue weighted by atomic mass is 16.4. The standard InChI is InChI=1S/C5H13N5O3/c6-1-2(11)4(7,8)5(9,10)3(12)13/h1,6-10H2,(H,12,13). The fourth-order valence-corrected chi connectivity index (χ4v) is 0.577. The maximum absolute atomic E-state index is 11.0. The molecule has 0 atom stereocenters. The van der Waals surface area contributed by atoms with Crippen LogP contribution in [0.2, 0.25) is 0 Å². The summed E-state index contributed by atoms with van der Waals surface area (Å²) in [6.07, 6.45) is 0. The molecule has 0 heterocycles. The molecular formula is C5H13N5O3. The molecular weight excluding hydrogens is 178 g/mol. The highest BCUT2D eigenvalue weighted by Gasteiger charge is 2.51. The molecule has 76 valence electrons. The predicted octanol–water partition coefficient (Wildman–Crippen LogP) is -4.17. The third-order valence-electron chi connectivity index (χ3n) is 1.69. The van der Waals surface area contributed by atoms with Crippen LogP contribution in [-0.4, -0.2) is 34.7 Å². The Balaban J connectivity index is 5.02. The van der Waals surface area contributed by atoms with Crippen molar-refractivity contribution in [3.63, 3.8) is 0 Å². The fourth-order valence-electron chi connectivity index (χ4n) is 0.577. The van der Waals surface area contributed by atoms with Crippen molar-refractivity contribution in [3.05, 3.63) is 0 Å². The maximum Gasteiger partial charge on any atom is 0.342 e. The van der Waals surface area contributed by atoms with Gasteiger partial charge in [0.15, 0.2) is 11.4 Å². The highest BCUT2D eigenvalue weighted by molar-refractivity contribution is 5.97. The van der Waals surface area contributed by atoms with Crippen molar-refractivity contribution in [1.29, 1.82) is 0 Å². The van der Waals surface area contributed by atoms with E-state index in [2.05, 4.69) is 0 Å². The molecule has 0 unspecified atom stereocenters. The van der Waals surface area contributed by atoms with E-state index in [0.717, 1.165) is 0 Å². The lowest BCUT2D eigenvalue weighted by atomic mass is 9.91. The molecule has 8 nitrogen and oxygen atoms in total. The molecule has 0 aromatic heterocycles. The van der Waals surface area contributed by atoms with Crippen LogP contribution in [0.5, 0.6) is 0 Å². The first-order valence-corrected chi connectivity index (χ1v) is 3.30. The van der Waals surface area contributed by atoms with Crippen LogP contribution in [0.3, 0.4) is 0 Å². The second kappa shape index (κ2) is 3.36. The van der Waals surface area contributed by atoms with E-state index in [1.165, 1.54) is 0 Å². The Labute approximate surface area is 74.0 Å². The molecule has 0 radical (unpaired) electrons. The van der Waals surface area contributed by atoms with Gasteiger partial charge in [-0.05, 0) is 0 Å². The maximum atomic E-state index is 11.0. The normalized spacial score (nSPS) is 12.7. The van der Waals surface area contributed by atoms with Crippen LogP contribution in [0.15, 0.2) is 0 Å². The minimum absolute atomic E-state index is 0.531. The average molecular weight is 191 g/mol. The molecule has 0 fully saturated rings. The van der Waals surface area contributed by atoms with Crippen LogP contribution in [0.4, 0.5) is 0 Å². The van der Waals surface area contributed by atoms with Gasteiger partial charge in [0.2, 0.25) is 5.66 Å². The first kappa shape index (κ1) is 11.9. The third kappa shape index (κ3) is 1.82. The van der Waals surface area contributed by atoms with Crippen LogP contribution >= 0.6 is 0 Å². The van der Waals surface area contributed by atoms with E-state index < -0.39 is 29.6 Å². The zero-order valence-electron chi connectivity index (χ0n) is 6.86. The van der Waals surface area contributed by atoms with E-state index in [1.807, 2.05) is 0 Å². The molecule has 8 heteroatoms. The Kier molecular flexibility index (Phi) is 3.08. The molecule has 0 spiro atoms. The lowest BCUT2D eigenvalue weighted by Gasteiger charge is -2.34. The summed E-state index contributed by atoms with van der Waals surface area (Å²) in [4.78, 5) is 21.5. The van der Waals surface area contributed by atoms with Crippen LogP contribution in [0, 0.1) is 0 Å². The highest BCUT2D eigenvalue weighted by Crippen LogP contribution is 2.06. The van der Waals surface area contributed by atoms with Gasteiger partial charge >= 0.3 is 5.97 Å². The molecule has 0 aliphatic heterocycles. The molecule has 0 saturated heterocycles. The molecule has 0 rings (SSSR count). The zero-order chi connectivity index (χ0) is 10.9. The van der Waals surface area contributed by atoms with E-state index in [-0.39, 0.29) is 0 Å². The van der Waals surface area contributed by atoms with Gasteiger partial charge < -0.3 is 33.8 Å². The van der Waals surface area contributed by atoms with Crippen molar-refractivity contribution in [2.45, 2.75) is 11.3 Å². The summed E-state index contributed by atoms with van der Waals surface area (Å²) in [5, 5.41) is 8.52. The van der Waals surface area contributed by atoms with Crippen LogP contribution in [0.1, 0.15) is 0 Å². The Morgan fingerprint density at radius 3 is 1.69 bits per heavy atom. The fraction of sp³-hybridized carbons (Fsp3) is 0.600. The molecule has 0 aliphatic rings. The lowest BCUT2D eigenvalue weighted by Crippen LogP contribution is -2.83. The van der Waals surface area contributed by atoms with Crippen molar-refractivity contribution >= 4 is 11.8 Å². The first-order chi connectivity index (χ1) is 5.67. The van der Waals surface area contributed by atoms with Crippen molar-refractivity contribution in [1.82, 2.24) is 0 Å². The topological polar surface area (TPSA) is 184 Å². The van der Waals surface area contributed by atoms with E-state index in [0.29, 0.717) is 0 Å². The molecule has 0 saturated carbocycles. The summed E-state index contributed by atoms with van der Waals surface area (Å²) in [6, 6.07) is 0. The number of Topliss-reactive ketones (excluding diaryl/α,β-unsaturated/α-hetero) is 1. The summed E-state index contributed by atoms with van der Waals surface area (Å²) < 4.78 is 0. The van der Waals surface area contributed by atoms with Crippen molar-refractivity contribution < 1.29 is 14.7 Å². The van der Waals surface area contributed by atoms with Gasteiger partial charge in [-0.2, -0.15) is 0 Å². The van der Waals surface area contributed by atoms with Crippen molar-refractivity contribution in [2.24, 2.45) is 28.7 Å². The van der Waals surface area contributed by atoms with Crippen LogP contribution in [0.25, 0.3) is 0 Å². The van der Waals surface area contributed by atoms with Crippen molar-refractivity contribution in [3.8, 4) is 0 Å². The van der Waals surface area contributed by atoms with Gasteiger partial charge in [0.05, 0.1) is 6.54 Å². The molecule has 0 aromatic carbocycles. The molecule has 0 aromatic rings. The average Bonchev–Trinajstić information content (AvgIpc) is 2.02. The molecule has 11 N–H and O–H groups in total. The van der Waals surface area contributed by atoms with Gasteiger partial charge in [-0.25, -0.2) is 4.79 Å². The largest absolute Gasteiger partial charge is 0.479 e. The summed E-state index contributed by atoms with van der Waals surface area (Å²) >= 11 is 0. The monoisotopic (exact) mass is 191 g/mol. The predicted molar refractivity (Wildman–Crippen MR) is 43.9 cm³/mol. The molecule has 0 bridgehead atoms. The Morgan fingerprint density at radius 2 is 1.46 bits per heavy atom. The molecule has 13 heavy (non-hydrogen) atoms. The molecule has 0 amide bonds. The lowest BCUT2D eigenvalue weighted by molar-refractivity contribution is -0.149. The number of carbonyl (C=O) groups is 2. The minimum Gasteiger partial charge on any atom is -0.479 e. The second-order valence-electron chi connectivity index (χ2n) is 2.67. The summed E-state index contributed by atoms with van der Waals surface area (Å²) in [5.41, 5.74) is 20.5. The number of aliphatic carboxylic acids is 1. The number of rotatable bonds is 4. The van der Waals surface area contributed by atoms with E-state index in [1.54, 1.807) is 0 Å². The van der Waals surface area contributed by atoms with Gasteiger partial charge in [0, 0.05) is 0 Å². The molecule has 0 aliphatic carbocycles. The third-order valence-corrected chi connectivity index (χ3v) is 1.69. The van der Waals surface area contributed by atoms with Gasteiger partial charge in [-0.15, -0.1) is 0 Å². The van der Waals surface area contributed by atoms with Gasteiger partial charge in [-0.3, -0.25) is 4.79 Å². The van der Waals surface area contributed by atoms with E-state index in [4.69, 9.17) is 33.8 Å². The number of nitrogens with two attached hydrogens (primary N) is 5. The zero-order valence-corrected chi connectivity index (χ0v) is 6.86. The Hall–Kier alpha value is -1.06. The number of carboxylic acids is 1. The SMILES string of the molecule is NCC(=O)C(N)(N)C(N)(N)C(=O)O. The van der Waals surface area contributed by atoms with Crippen molar-refractivity contribution in [2.75, 3.05) is 6.54 Å². The van der Waals surface area contributed by atoms with Gasteiger partial charge in [-0.1, -0.05) is 0 Å². The van der Waals surface area contributed by atoms with Crippen LogP contribution in [-0.2, 0) is 9.59 Å². The van der Waals surface area contributed by atoms with Crippen LogP contribution < -0.4 is 28.7 Å². The number of hydrogen-bond donors (Lipinski definition) is 6. The Morgan fingerprint density at radius 1 is 1.08 bits per heavy atom. The second-order valence-corrected chi connectivity index (χ2v) is 2.67. The summed E-state index contributed by atoms with van der Waals surface area (Å²) in [5.74, 6) is -2.61. The van der Waals surface area contributed by atoms with E-state index >= 15 is 0 Å². The van der Waals surface area contributed by atoms with Gasteiger partial charge in [0.25, 0.3) is 0 Å². The van der Waals surface area contributed by atoms with Gasteiger partial charge in [0.1, 0.15) is 0 Å². The number of carboxylic acid groups (broad SMARTS) is 1.